The summed E-state index contributed by atoms with van der Waals surface area (Å²) in [4.78, 5) is 5.19. The summed E-state index contributed by atoms with van der Waals surface area (Å²) >= 11 is 0. The zero-order chi connectivity index (χ0) is 47.4. The Balaban J connectivity index is 2.50. The maximum absolute atomic E-state index is 14.8. The molecular weight excluding hydrogens is 782 g/mol. The van der Waals surface area contributed by atoms with E-state index >= 15 is 0 Å². The lowest BCUT2D eigenvalue weighted by molar-refractivity contribution is 0.0447. The Hall–Kier alpha value is -3.38. The second kappa shape index (κ2) is 23.2. The van der Waals surface area contributed by atoms with Crippen molar-refractivity contribution in [3.63, 3.8) is 0 Å². The molecule has 0 aliphatic rings. The number of phenolic OH excluding ortho intramolecular Hbond substituents is 1. The highest BCUT2D eigenvalue weighted by Gasteiger charge is 2.45. The number of aliphatic hydroxyl groups is 1. The molecule has 63 heavy (non-hydrogen) atoms. The molecule has 0 saturated carbocycles. The van der Waals surface area contributed by atoms with Gasteiger partial charge in [0.15, 0.2) is 11.6 Å². The molecule has 6 heteroatoms. The predicted octanol–water partition coefficient (Wildman–Crippen LogP) is 16.0. The number of benzene rings is 3. The Kier molecular flexibility index (Phi) is 19.9. The van der Waals surface area contributed by atoms with Gasteiger partial charge >= 0.3 is 0 Å². The van der Waals surface area contributed by atoms with Crippen molar-refractivity contribution in [2.75, 3.05) is 13.2 Å². The third-order valence-corrected chi connectivity index (χ3v) is 12.4. The summed E-state index contributed by atoms with van der Waals surface area (Å²) in [5, 5.41) is 25.1. The van der Waals surface area contributed by atoms with Crippen molar-refractivity contribution < 1.29 is 24.1 Å². The number of para-hydroxylation sites is 1. The standard InChI is InChI=1S/C57H90FNO4/c1-17-19-21-23-25-27-32-62-51-44(53(5,6)7)35-42(36-45(51)54(8,9)10)57(61,49(34-40(3)4)59-39-41-30-29-31-48(58)50(41)60)43-37-46(55(11,12)13)52(47(38-43)56(14,15)16)63-33-28-26-24-22-20-18-2/h29-31,35-40,49,60-61H,17-28,32-34H2,1-16H3. The van der Waals surface area contributed by atoms with Crippen molar-refractivity contribution in [2.45, 2.75) is 228 Å². The van der Waals surface area contributed by atoms with Crippen LogP contribution in [-0.2, 0) is 27.3 Å². The smallest absolute Gasteiger partial charge is 0.165 e. The molecule has 5 nitrogen and oxygen atoms in total. The fourth-order valence-electron chi connectivity index (χ4n) is 8.49. The minimum atomic E-state index is -1.68. The average molecular weight is 872 g/mol. The number of nitrogens with zero attached hydrogens (tertiary/aromatic N) is 1. The zero-order valence-electron chi connectivity index (χ0n) is 42.9. The second-order valence-corrected chi connectivity index (χ2v) is 22.9. The summed E-state index contributed by atoms with van der Waals surface area (Å²) < 4.78 is 28.5. The quantitative estimate of drug-likeness (QED) is 0.0736. The van der Waals surface area contributed by atoms with Crippen LogP contribution < -0.4 is 9.47 Å². The summed E-state index contributed by atoms with van der Waals surface area (Å²) in [6.07, 6.45) is 16.2. The van der Waals surface area contributed by atoms with Crippen LogP contribution >= 0.6 is 0 Å². The summed E-state index contributed by atoms with van der Waals surface area (Å²) in [5.74, 6) is 0.756. The Morgan fingerprint density at radius 2 is 0.952 bits per heavy atom. The van der Waals surface area contributed by atoms with E-state index in [9.17, 15) is 14.6 Å². The predicted molar refractivity (Wildman–Crippen MR) is 267 cm³/mol. The monoisotopic (exact) mass is 872 g/mol. The molecule has 0 aromatic heterocycles. The van der Waals surface area contributed by atoms with Gasteiger partial charge in [-0.3, -0.25) is 4.99 Å². The molecule has 3 aromatic rings. The van der Waals surface area contributed by atoms with E-state index < -0.39 is 23.2 Å². The van der Waals surface area contributed by atoms with Gasteiger partial charge < -0.3 is 19.7 Å². The maximum atomic E-state index is 14.8. The van der Waals surface area contributed by atoms with Crippen molar-refractivity contribution in [1.29, 1.82) is 0 Å². The number of hydrogen-bond donors (Lipinski definition) is 2. The zero-order valence-corrected chi connectivity index (χ0v) is 42.9. The number of unbranched alkanes of at least 4 members (excludes halogenated alkanes) is 10. The van der Waals surface area contributed by atoms with Gasteiger partial charge in [0.05, 0.1) is 19.3 Å². The summed E-state index contributed by atoms with van der Waals surface area (Å²) in [6.45, 7) is 36.7. The third-order valence-electron chi connectivity index (χ3n) is 12.4. The van der Waals surface area contributed by atoms with Crippen molar-refractivity contribution in [3.05, 3.63) is 87.2 Å². The number of phenols is 1. The van der Waals surface area contributed by atoms with E-state index in [4.69, 9.17) is 14.5 Å². The van der Waals surface area contributed by atoms with Crippen LogP contribution in [0.5, 0.6) is 17.2 Å². The van der Waals surface area contributed by atoms with Gasteiger partial charge in [-0.25, -0.2) is 4.39 Å². The first-order valence-corrected chi connectivity index (χ1v) is 24.7. The number of rotatable bonds is 23. The molecular formula is C57H90FNO4. The van der Waals surface area contributed by atoms with Crippen molar-refractivity contribution in [1.82, 2.24) is 0 Å². The third kappa shape index (κ3) is 15.1. The molecule has 2 N–H and O–H groups in total. The first kappa shape index (κ1) is 54.0. The van der Waals surface area contributed by atoms with Crippen LogP contribution in [0.15, 0.2) is 47.5 Å². The van der Waals surface area contributed by atoms with Crippen molar-refractivity contribution in [2.24, 2.45) is 10.9 Å². The van der Waals surface area contributed by atoms with Crippen LogP contribution in [0.25, 0.3) is 0 Å². The molecule has 0 amide bonds. The van der Waals surface area contributed by atoms with E-state index in [-0.39, 0.29) is 33.1 Å². The molecule has 0 radical (unpaired) electrons. The highest BCUT2D eigenvalue weighted by molar-refractivity contribution is 5.83. The molecule has 0 saturated heterocycles. The first-order valence-electron chi connectivity index (χ1n) is 24.7. The molecule has 1 unspecified atom stereocenters. The van der Waals surface area contributed by atoms with Crippen molar-refractivity contribution in [3.8, 4) is 17.2 Å². The van der Waals surface area contributed by atoms with Crippen LogP contribution in [0.3, 0.4) is 0 Å². The van der Waals surface area contributed by atoms with E-state index in [1.807, 2.05) is 0 Å². The minimum Gasteiger partial charge on any atom is -0.504 e. The Bertz CT molecular complexity index is 1730. The second-order valence-electron chi connectivity index (χ2n) is 22.9. The lowest BCUT2D eigenvalue weighted by Gasteiger charge is -2.41. The molecule has 1 atom stereocenters. The first-order chi connectivity index (χ1) is 29.3. The fraction of sp³-hybridized carbons (Fsp3) is 0.667. The largest absolute Gasteiger partial charge is 0.504 e. The molecule has 3 rings (SSSR count). The normalized spacial score (nSPS) is 13.6. The summed E-state index contributed by atoms with van der Waals surface area (Å²) in [5.41, 5.74) is 2.86. The highest BCUT2D eigenvalue weighted by Crippen LogP contribution is 2.49. The van der Waals surface area contributed by atoms with E-state index in [0.29, 0.717) is 19.6 Å². The Morgan fingerprint density at radius 3 is 1.30 bits per heavy atom. The van der Waals surface area contributed by atoms with E-state index in [0.717, 1.165) is 70.6 Å². The fourth-order valence-corrected chi connectivity index (χ4v) is 8.49. The van der Waals surface area contributed by atoms with Gasteiger partial charge in [-0.2, -0.15) is 0 Å². The van der Waals surface area contributed by atoms with E-state index in [2.05, 4.69) is 135 Å². The number of aromatic hydroxyl groups is 1. The molecule has 0 aliphatic carbocycles. The average Bonchev–Trinajstić information content (AvgIpc) is 3.17. The number of hydrogen-bond acceptors (Lipinski definition) is 5. The minimum absolute atomic E-state index is 0.132. The van der Waals surface area contributed by atoms with Crippen LogP contribution in [0.1, 0.15) is 233 Å². The summed E-state index contributed by atoms with van der Waals surface area (Å²) in [6, 6.07) is 12.4. The molecule has 0 heterocycles. The van der Waals surface area contributed by atoms with Gasteiger partial charge in [0.1, 0.15) is 17.1 Å². The number of aliphatic imine (C=N–C) groups is 1. The maximum Gasteiger partial charge on any atom is 0.165 e. The lowest BCUT2D eigenvalue weighted by atomic mass is 9.69. The number of halogens is 1. The van der Waals surface area contributed by atoms with Gasteiger partial charge in [-0.15, -0.1) is 0 Å². The number of ether oxygens (including phenoxy) is 2. The highest BCUT2D eigenvalue weighted by atomic mass is 19.1. The van der Waals surface area contributed by atoms with Crippen LogP contribution in [-0.4, -0.2) is 35.7 Å². The Labute approximate surface area is 385 Å². The van der Waals surface area contributed by atoms with Crippen molar-refractivity contribution >= 4 is 6.21 Å². The van der Waals surface area contributed by atoms with Crippen LogP contribution in [0.2, 0.25) is 0 Å². The summed E-state index contributed by atoms with van der Waals surface area (Å²) in [7, 11) is 0. The topological polar surface area (TPSA) is 71.3 Å². The van der Waals surface area contributed by atoms with Gasteiger partial charge in [-0.1, -0.05) is 181 Å². The SMILES string of the molecule is CCCCCCCCOc1c(C(C)(C)C)cc(C(O)(c2cc(C(C)(C)C)c(OCCCCCCCC)c(C(C)(C)C)c2)C(CC(C)C)N=Cc2cccc(F)c2O)cc1C(C)(C)C. The van der Waals surface area contributed by atoms with Gasteiger partial charge in [0.2, 0.25) is 0 Å². The lowest BCUT2D eigenvalue weighted by Crippen LogP contribution is -2.42. The van der Waals surface area contributed by atoms with E-state index in [1.54, 1.807) is 12.1 Å². The van der Waals surface area contributed by atoms with Crippen LogP contribution in [0, 0.1) is 11.7 Å². The molecule has 0 spiro atoms. The van der Waals surface area contributed by atoms with Gasteiger partial charge in [0, 0.05) is 34.0 Å². The molecule has 0 fully saturated rings. The van der Waals surface area contributed by atoms with E-state index in [1.165, 1.54) is 63.6 Å². The van der Waals surface area contributed by atoms with Gasteiger partial charge in [-0.05, 0) is 94.4 Å². The van der Waals surface area contributed by atoms with Gasteiger partial charge in [0.25, 0.3) is 0 Å². The molecule has 3 aromatic carbocycles. The molecule has 0 aliphatic heterocycles. The van der Waals surface area contributed by atoms with Crippen LogP contribution in [0.4, 0.5) is 4.39 Å². The molecule has 0 bridgehead atoms. The Morgan fingerprint density at radius 1 is 0.587 bits per heavy atom. The molecule has 354 valence electrons.